The van der Waals surface area contributed by atoms with Crippen molar-refractivity contribution in [1.29, 1.82) is 0 Å². The topological polar surface area (TPSA) is 55.1 Å². The molecule has 0 fully saturated rings. The van der Waals surface area contributed by atoms with Gasteiger partial charge in [-0.3, -0.25) is 4.79 Å². The fourth-order valence-electron chi connectivity index (χ4n) is 1.46. The monoisotopic (exact) mass is 342 g/mol. The van der Waals surface area contributed by atoms with Crippen molar-refractivity contribution in [1.82, 2.24) is 0 Å². The van der Waals surface area contributed by atoms with Crippen molar-refractivity contribution in [3.63, 3.8) is 0 Å². The average molecular weight is 344 g/mol. The van der Waals surface area contributed by atoms with Crippen LogP contribution in [0.5, 0.6) is 0 Å². The number of anilines is 2. The molecule has 0 saturated heterocycles. The maximum atomic E-state index is 13.5. The quantitative estimate of drug-likeness (QED) is 0.807. The molecule has 2 rings (SSSR count). The minimum Gasteiger partial charge on any atom is -0.398 e. The third kappa shape index (κ3) is 3.24. The lowest BCUT2D eigenvalue weighted by molar-refractivity contribution is 0.102. The maximum absolute atomic E-state index is 13.5. The molecule has 2 aromatic carbocycles. The van der Waals surface area contributed by atoms with Crippen LogP contribution in [0, 0.1) is 5.82 Å². The molecule has 6 heteroatoms. The summed E-state index contributed by atoms with van der Waals surface area (Å²) in [6.45, 7) is 0. The van der Waals surface area contributed by atoms with E-state index >= 15 is 0 Å². The second kappa shape index (κ2) is 5.59. The van der Waals surface area contributed by atoms with E-state index in [9.17, 15) is 9.18 Å². The normalized spacial score (nSPS) is 10.3. The predicted molar refractivity (Wildman–Crippen MR) is 77.9 cm³/mol. The summed E-state index contributed by atoms with van der Waals surface area (Å²) in [5, 5.41) is 2.75. The smallest absolute Gasteiger partial charge is 0.255 e. The second-order valence-corrected chi connectivity index (χ2v) is 5.14. The van der Waals surface area contributed by atoms with Crippen LogP contribution in [0.15, 0.2) is 40.9 Å². The van der Waals surface area contributed by atoms with Gasteiger partial charge in [-0.15, -0.1) is 0 Å². The number of carbonyl (C=O) groups is 1. The van der Waals surface area contributed by atoms with Gasteiger partial charge in [-0.25, -0.2) is 4.39 Å². The number of rotatable bonds is 2. The summed E-state index contributed by atoms with van der Waals surface area (Å²) in [6.07, 6.45) is 0. The van der Waals surface area contributed by atoms with Gasteiger partial charge in [-0.2, -0.15) is 0 Å². The Morgan fingerprint density at radius 3 is 2.68 bits per heavy atom. The minimum absolute atomic E-state index is 0.0901. The summed E-state index contributed by atoms with van der Waals surface area (Å²) in [6, 6.07) is 8.76. The number of amides is 1. The SMILES string of the molecule is Nc1ccc(C(=O)Nc2cc(Br)ccc2F)cc1Cl. The van der Waals surface area contributed by atoms with E-state index in [0.717, 1.165) is 0 Å². The lowest BCUT2D eigenvalue weighted by atomic mass is 10.2. The fourth-order valence-corrected chi connectivity index (χ4v) is 2.00. The van der Waals surface area contributed by atoms with Crippen LogP contribution >= 0.6 is 27.5 Å². The van der Waals surface area contributed by atoms with Crippen molar-refractivity contribution < 1.29 is 9.18 Å². The van der Waals surface area contributed by atoms with Crippen LogP contribution in [0.1, 0.15) is 10.4 Å². The van der Waals surface area contributed by atoms with Crippen molar-refractivity contribution in [3.05, 3.63) is 57.3 Å². The Morgan fingerprint density at radius 2 is 2.00 bits per heavy atom. The summed E-state index contributed by atoms with van der Waals surface area (Å²) >= 11 is 9.04. The first-order valence-corrected chi connectivity index (χ1v) is 6.46. The van der Waals surface area contributed by atoms with Crippen LogP contribution in [0.4, 0.5) is 15.8 Å². The summed E-state index contributed by atoms with van der Waals surface area (Å²) in [5.41, 5.74) is 6.33. The molecule has 0 bridgehead atoms. The molecule has 0 atom stereocenters. The largest absolute Gasteiger partial charge is 0.398 e. The first kappa shape index (κ1) is 13.8. The third-order valence-corrected chi connectivity index (χ3v) is 3.26. The van der Waals surface area contributed by atoms with Crippen LogP contribution in [0.3, 0.4) is 0 Å². The minimum atomic E-state index is -0.516. The van der Waals surface area contributed by atoms with E-state index in [0.29, 0.717) is 15.7 Å². The van der Waals surface area contributed by atoms with E-state index in [4.69, 9.17) is 17.3 Å². The molecule has 0 aliphatic heterocycles. The number of benzene rings is 2. The fraction of sp³-hybridized carbons (Fsp3) is 0. The number of hydrogen-bond acceptors (Lipinski definition) is 2. The number of nitrogens with one attached hydrogen (secondary N) is 1. The predicted octanol–water partition coefficient (Wildman–Crippen LogP) is 4.08. The van der Waals surface area contributed by atoms with Crippen LogP contribution < -0.4 is 11.1 Å². The van der Waals surface area contributed by atoms with Gasteiger partial charge in [0.15, 0.2) is 0 Å². The summed E-state index contributed by atoms with van der Waals surface area (Å²) in [4.78, 5) is 11.9. The van der Waals surface area contributed by atoms with Gasteiger partial charge in [0.05, 0.1) is 16.4 Å². The Morgan fingerprint density at radius 1 is 1.26 bits per heavy atom. The van der Waals surface area contributed by atoms with Crippen molar-refractivity contribution in [2.45, 2.75) is 0 Å². The van der Waals surface area contributed by atoms with Gasteiger partial charge >= 0.3 is 0 Å². The first-order valence-electron chi connectivity index (χ1n) is 5.29. The zero-order valence-electron chi connectivity index (χ0n) is 9.58. The van der Waals surface area contributed by atoms with E-state index < -0.39 is 11.7 Å². The highest BCUT2D eigenvalue weighted by atomic mass is 79.9. The Hall–Kier alpha value is -1.59. The number of nitrogens with two attached hydrogens (primary N) is 1. The average Bonchev–Trinajstić information content (AvgIpc) is 2.37. The number of halogens is 3. The third-order valence-electron chi connectivity index (χ3n) is 2.44. The molecule has 0 heterocycles. The number of nitrogen functional groups attached to an aromatic ring is 1. The van der Waals surface area contributed by atoms with E-state index in [1.54, 1.807) is 6.07 Å². The van der Waals surface area contributed by atoms with Gasteiger partial charge in [-0.05, 0) is 36.4 Å². The summed E-state index contributed by atoms with van der Waals surface area (Å²) in [7, 11) is 0. The van der Waals surface area contributed by atoms with E-state index in [1.165, 1.54) is 30.3 Å². The molecule has 1 amide bonds. The Kier molecular flexibility index (Phi) is 4.07. The zero-order valence-corrected chi connectivity index (χ0v) is 11.9. The van der Waals surface area contributed by atoms with Crippen molar-refractivity contribution >= 4 is 44.8 Å². The van der Waals surface area contributed by atoms with E-state index in [2.05, 4.69) is 21.2 Å². The highest BCUT2D eigenvalue weighted by molar-refractivity contribution is 9.10. The van der Waals surface area contributed by atoms with Crippen LogP contribution in [-0.2, 0) is 0 Å². The zero-order chi connectivity index (χ0) is 14.0. The Bertz CT molecular complexity index is 649. The lowest BCUT2D eigenvalue weighted by Crippen LogP contribution is -2.13. The van der Waals surface area contributed by atoms with E-state index in [-0.39, 0.29) is 10.7 Å². The molecular formula is C13H9BrClFN2O. The molecular weight excluding hydrogens is 335 g/mol. The standard InChI is InChI=1S/C13H9BrClFN2O/c14-8-2-3-10(16)12(6-8)18-13(19)7-1-4-11(17)9(15)5-7/h1-6H,17H2,(H,18,19). The summed E-state index contributed by atoms with van der Waals surface area (Å²) < 4.78 is 14.2. The van der Waals surface area contributed by atoms with Crippen LogP contribution in [-0.4, -0.2) is 5.91 Å². The molecule has 0 radical (unpaired) electrons. The molecule has 0 aromatic heterocycles. The molecule has 98 valence electrons. The molecule has 3 nitrogen and oxygen atoms in total. The highest BCUT2D eigenvalue weighted by Gasteiger charge is 2.11. The van der Waals surface area contributed by atoms with Crippen molar-refractivity contribution in [2.24, 2.45) is 0 Å². The van der Waals surface area contributed by atoms with Crippen molar-refractivity contribution in [2.75, 3.05) is 11.1 Å². The van der Waals surface area contributed by atoms with Gasteiger partial charge in [-0.1, -0.05) is 27.5 Å². The van der Waals surface area contributed by atoms with Crippen molar-refractivity contribution in [3.8, 4) is 0 Å². The van der Waals surface area contributed by atoms with Gasteiger partial charge in [0.1, 0.15) is 5.82 Å². The molecule has 0 aliphatic carbocycles. The molecule has 0 saturated carbocycles. The molecule has 0 unspecified atom stereocenters. The second-order valence-electron chi connectivity index (χ2n) is 3.81. The summed E-state index contributed by atoms with van der Waals surface area (Å²) in [5.74, 6) is -0.975. The Balaban J connectivity index is 2.25. The molecule has 0 spiro atoms. The molecule has 2 aromatic rings. The van der Waals surface area contributed by atoms with Crippen LogP contribution in [0.2, 0.25) is 5.02 Å². The maximum Gasteiger partial charge on any atom is 0.255 e. The van der Waals surface area contributed by atoms with Gasteiger partial charge < -0.3 is 11.1 Å². The molecule has 19 heavy (non-hydrogen) atoms. The Labute approximate surface area is 122 Å². The lowest BCUT2D eigenvalue weighted by Gasteiger charge is -2.08. The van der Waals surface area contributed by atoms with Gasteiger partial charge in [0.2, 0.25) is 0 Å². The van der Waals surface area contributed by atoms with E-state index in [1.807, 2.05) is 0 Å². The van der Waals surface area contributed by atoms with Gasteiger partial charge in [0.25, 0.3) is 5.91 Å². The number of hydrogen-bond donors (Lipinski definition) is 2. The molecule has 3 N–H and O–H groups in total. The highest BCUT2D eigenvalue weighted by Crippen LogP contribution is 2.23. The first-order chi connectivity index (χ1) is 8.97. The van der Waals surface area contributed by atoms with Crippen LogP contribution in [0.25, 0.3) is 0 Å². The van der Waals surface area contributed by atoms with Gasteiger partial charge in [0, 0.05) is 10.0 Å². The molecule has 0 aliphatic rings. The number of carbonyl (C=O) groups excluding carboxylic acids is 1.